The van der Waals surface area contributed by atoms with Gasteiger partial charge in [-0.3, -0.25) is 0 Å². The van der Waals surface area contributed by atoms with Crippen molar-refractivity contribution >= 4 is 24.0 Å². The van der Waals surface area contributed by atoms with E-state index in [9.17, 15) is 5.11 Å². The summed E-state index contributed by atoms with van der Waals surface area (Å²) < 4.78 is 10.4. The number of ether oxygens (including phenoxy) is 2. The molecule has 0 bridgehead atoms. The summed E-state index contributed by atoms with van der Waals surface area (Å²) in [7, 11) is 3.06. The second-order valence-electron chi connectivity index (χ2n) is 4.09. The number of hydrogen-bond acceptors (Lipinski definition) is 4. The van der Waals surface area contributed by atoms with Crippen LogP contribution in [0.4, 0.5) is 0 Å². The molecule has 0 aliphatic heterocycles. The zero-order valence-corrected chi connectivity index (χ0v) is 12.9. The summed E-state index contributed by atoms with van der Waals surface area (Å²) in [4.78, 5) is 0. The highest BCUT2D eigenvalue weighted by atomic mass is 35.5. The van der Waals surface area contributed by atoms with Gasteiger partial charge in [-0.25, -0.2) is 0 Å². The molecule has 19 heavy (non-hydrogen) atoms. The Hall–Kier alpha value is -0.680. The minimum atomic E-state index is -0.620. The standard InChI is InChI=1S/C13H20ClNO3.ClH/c1-4-5-9(16)12(15)8-6-7-10(17-2)13(18-3)11(8)14;/h6-7,9,12,16H,4-5,15H2,1-3H3;1H/t9-,12+;/m0./s1. The van der Waals surface area contributed by atoms with Crippen molar-refractivity contribution in [2.75, 3.05) is 14.2 Å². The highest BCUT2D eigenvalue weighted by Gasteiger charge is 2.22. The molecule has 1 aromatic rings. The van der Waals surface area contributed by atoms with Gasteiger partial charge in [0.25, 0.3) is 0 Å². The van der Waals surface area contributed by atoms with Crippen LogP contribution in [0.1, 0.15) is 31.4 Å². The van der Waals surface area contributed by atoms with Gasteiger partial charge >= 0.3 is 0 Å². The van der Waals surface area contributed by atoms with Crippen molar-refractivity contribution in [2.24, 2.45) is 5.73 Å². The maximum atomic E-state index is 9.93. The molecule has 6 heteroatoms. The van der Waals surface area contributed by atoms with Crippen molar-refractivity contribution < 1.29 is 14.6 Å². The quantitative estimate of drug-likeness (QED) is 0.848. The molecule has 0 radical (unpaired) electrons. The number of hydrogen-bond donors (Lipinski definition) is 2. The largest absolute Gasteiger partial charge is 0.493 e. The Morgan fingerprint density at radius 1 is 1.32 bits per heavy atom. The molecule has 2 atom stereocenters. The van der Waals surface area contributed by atoms with Crippen LogP contribution in [0.2, 0.25) is 5.02 Å². The van der Waals surface area contributed by atoms with Gasteiger partial charge in [0.05, 0.1) is 31.4 Å². The molecule has 0 saturated carbocycles. The minimum Gasteiger partial charge on any atom is -0.493 e. The van der Waals surface area contributed by atoms with E-state index in [1.165, 1.54) is 7.11 Å². The molecule has 3 N–H and O–H groups in total. The van der Waals surface area contributed by atoms with E-state index in [0.717, 1.165) is 6.42 Å². The third-order valence-corrected chi connectivity index (χ3v) is 3.26. The van der Waals surface area contributed by atoms with E-state index in [2.05, 4.69) is 0 Å². The van der Waals surface area contributed by atoms with Gasteiger partial charge in [-0.15, -0.1) is 12.4 Å². The Morgan fingerprint density at radius 3 is 2.42 bits per heavy atom. The second-order valence-corrected chi connectivity index (χ2v) is 4.46. The van der Waals surface area contributed by atoms with Crippen LogP contribution in [0, 0.1) is 0 Å². The van der Waals surface area contributed by atoms with E-state index in [4.69, 9.17) is 26.8 Å². The summed E-state index contributed by atoms with van der Waals surface area (Å²) in [6.45, 7) is 1.99. The number of rotatable bonds is 6. The Kier molecular flexibility index (Phi) is 8.18. The lowest BCUT2D eigenvalue weighted by Crippen LogP contribution is -2.26. The van der Waals surface area contributed by atoms with E-state index >= 15 is 0 Å². The number of aliphatic hydroxyl groups is 1. The zero-order valence-electron chi connectivity index (χ0n) is 11.4. The first-order valence-electron chi connectivity index (χ1n) is 5.90. The predicted octanol–water partition coefficient (Wildman–Crippen LogP) is 2.94. The molecule has 4 nitrogen and oxygen atoms in total. The lowest BCUT2D eigenvalue weighted by atomic mass is 9.98. The van der Waals surface area contributed by atoms with Gasteiger partial charge in [0.15, 0.2) is 11.5 Å². The van der Waals surface area contributed by atoms with Crippen molar-refractivity contribution in [1.29, 1.82) is 0 Å². The molecule has 0 unspecified atom stereocenters. The fourth-order valence-corrected chi connectivity index (χ4v) is 2.20. The molecule has 0 amide bonds. The SMILES string of the molecule is CCC[C@H](O)[C@H](N)c1ccc(OC)c(OC)c1Cl.Cl. The van der Waals surface area contributed by atoms with E-state index in [1.54, 1.807) is 19.2 Å². The second kappa shape index (κ2) is 8.48. The van der Waals surface area contributed by atoms with Gasteiger partial charge in [-0.05, 0) is 18.1 Å². The van der Waals surface area contributed by atoms with Gasteiger partial charge in [0.2, 0.25) is 0 Å². The molecule has 0 aliphatic carbocycles. The van der Waals surface area contributed by atoms with Crippen LogP contribution in [-0.4, -0.2) is 25.4 Å². The van der Waals surface area contributed by atoms with Gasteiger partial charge in [0.1, 0.15) is 0 Å². The molecule has 0 saturated heterocycles. The Labute approximate surface area is 125 Å². The highest BCUT2D eigenvalue weighted by molar-refractivity contribution is 6.33. The number of aliphatic hydroxyl groups excluding tert-OH is 1. The predicted molar refractivity (Wildman–Crippen MR) is 79.6 cm³/mol. The van der Waals surface area contributed by atoms with Gasteiger partial charge in [0, 0.05) is 0 Å². The third-order valence-electron chi connectivity index (χ3n) is 2.87. The Bertz CT molecular complexity index is 402. The monoisotopic (exact) mass is 309 g/mol. The van der Waals surface area contributed by atoms with Crippen LogP contribution >= 0.6 is 24.0 Å². The summed E-state index contributed by atoms with van der Waals surface area (Å²) in [6, 6.07) is 2.96. The van der Waals surface area contributed by atoms with Crippen molar-refractivity contribution in [3.05, 3.63) is 22.7 Å². The lowest BCUT2D eigenvalue weighted by Gasteiger charge is -2.21. The smallest absolute Gasteiger partial charge is 0.179 e. The molecule has 0 spiro atoms. The first-order chi connectivity index (χ1) is 8.56. The first-order valence-corrected chi connectivity index (χ1v) is 6.28. The van der Waals surface area contributed by atoms with E-state index < -0.39 is 12.1 Å². The van der Waals surface area contributed by atoms with Crippen molar-refractivity contribution in [3.8, 4) is 11.5 Å². The topological polar surface area (TPSA) is 64.7 Å². The summed E-state index contributed by atoms with van der Waals surface area (Å²) in [5.41, 5.74) is 6.67. The maximum Gasteiger partial charge on any atom is 0.179 e. The average molecular weight is 310 g/mol. The first kappa shape index (κ1) is 18.3. The summed E-state index contributed by atoms with van der Waals surface area (Å²) in [6.07, 6.45) is 0.872. The molecule has 0 aliphatic rings. The van der Waals surface area contributed by atoms with E-state index in [1.807, 2.05) is 6.92 Å². The van der Waals surface area contributed by atoms with Gasteiger partial charge in [-0.1, -0.05) is 31.0 Å². The molecule has 0 heterocycles. The van der Waals surface area contributed by atoms with Crippen LogP contribution in [-0.2, 0) is 0 Å². The van der Waals surface area contributed by atoms with Gasteiger partial charge in [-0.2, -0.15) is 0 Å². The molecule has 0 aromatic heterocycles. The zero-order chi connectivity index (χ0) is 13.7. The fraction of sp³-hybridized carbons (Fsp3) is 0.538. The molecule has 1 rings (SSSR count). The number of halogens is 2. The summed E-state index contributed by atoms with van der Waals surface area (Å²) in [5.74, 6) is 0.985. The Balaban J connectivity index is 0.00000324. The molecule has 1 aromatic carbocycles. The van der Waals surface area contributed by atoms with Crippen LogP contribution < -0.4 is 15.2 Å². The number of nitrogens with two attached hydrogens (primary N) is 1. The van der Waals surface area contributed by atoms with Crippen LogP contribution in [0.3, 0.4) is 0 Å². The van der Waals surface area contributed by atoms with Crippen LogP contribution in [0.25, 0.3) is 0 Å². The maximum absolute atomic E-state index is 9.93. The van der Waals surface area contributed by atoms with Gasteiger partial charge < -0.3 is 20.3 Å². The van der Waals surface area contributed by atoms with Crippen molar-refractivity contribution in [3.63, 3.8) is 0 Å². The van der Waals surface area contributed by atoms with Crippen molar-refractivity contribution in [2.45, 2.75) is 31.9 Å². The van der Waals surface area contributed by atoms with E-state index in [0.29, 0.717) is 28.5 Å². The molecular formula is C13H21Cl2NO3. The lowest BCUT2D eigenvalue weighted by molar-refractivity contribution is 0.134. The molecule has 110 valence electrons. The van der Waals surface area contributed by atoms with E-state index in [-0.39, 0.29) is 12.4 Å². The summed E-state index contributed by atoms with van der Waals surface area (Å²) >= 11 is 6.24. The third kappa shape index (κ3) is 4.14. The molecule has 0 fully saturated rings. The number of methoxy groups -OCH3 is 2. The number of benzene rings is 1. The minimum absolute atomic E-state index is 0. The highest BCUT2D eigenvalue weighted by Crippen LogP contribution is 2.39. The van der Waals surface area contributed by atoms with Crippen LogP contribution in [0.15, 0.2) is 12.1 Å². The molecular weight excluding hydrogens is 289 g/mol. The fourth-order valence-electron chi connectivity index (χ4n) is 1.84. The normalized spacial score (nSPS) is 13.4. The Morgan fingerprint density at radius 2 is 1.95 bits per heavy atom. The summed E-state index contributed by atoms with van der Waals surface area (Å²) in [5, 5.41) is 10.3. The average Bonchev–Trinajstić information content (AvgIpc) is 2.37. The van der Waals surface area contributed by atoms with Crippen molar-refractivity contribution in [1.82, 2.24) is 0 Å². The van der Waals surface area contributed by atoms with Crippen LogP contribution in [0.5, 0.6) is 11.5 Å².